The normalized spacial score (nSPS) is 20.1. The zero-order valence-electron chi connectivity index (χ0n) is 17.3. The van der Waals surface area contributed by atoms with Crippen molar-refractivity contribution in [3.8, 4) is 0 Å². The molecule has 4 rings (SSSR count). The van der Waals surface area contributed by atoms with Gasteiger partial charge in [0.25, 0.3) is 17.7 Å². The lowest BCUT2D eigenvalue weighted by Gasteiger charge is -2.30. The van der Waals surface area contributed by atoms with Gasteiger partial charge in [-0.05, 0) is 56.2 Å². The Bertz CT molecular complexity index is 1130. The number of fused-ring (bicyclic) bond motifs is 1. The maximum Gasteiger partial charge on any atom is 0.273 e. The highest BCUT2D eigenvalue weighted by Crippen LogP contribution is 2.38. The Hall–Kier alpha value is -2.77. The number of hydrazine groups is 1. The largest absolute Gasteiger partial charge is 0.292 e. The number of ketones is 1. The van der Waals surface area contributed by atoms with Gasteiger partial charge in [0, 0.05) is 20.6 Å². The van der Waals surface area contributed by atoms with Crippen LogP contribution >= 0.6 is 27.5 Å². The van der Waals surface area contributed by atoms with Gasteiger partial charge in [-0.25, -0.2) is 5.01 Å². The van der Waals surface area contributed by atoms with E-state index in [1.165, 1.54) is 12.1 Å². The third-order valence-electron chi connectivity index (χ3n) is 5.83. The van der Waals surface area contributed by atoms with Gasteiger partial charge in [0.15, 0.2) is 5.78 Å². The molecular formula is C24H20BrClN2O4. The number of rotatable bonds is 5. The predicted octanol–water partition coefficient (Wildman–Crippen LogP) is 4.68. The predicted molar refractivity (Wildman–Crippen MR) is 123 cm³/mol. The molecule has 0 unspecified atom stereocenters. The molecule has 0 bridgehead atoms. The second-order valence-corrected chi connectivity index (χ2v) is 9.34. The van der Waals surface area contributed by atoms with Gasteiger partial charge in [0.05, 0.1) is 11.8 Å². The maximum absolute atomic E-state index is 13.4. The molecule has 2 aliphatic rings. The molecule has 164 valence electrons. The highest BCUT2D eigenvalue weighted by atomic mass is 79.9. The standard InChI is InChI=1S/C24H20BrClN2O4/c1-14-2-11-19-20(12-14)24(32)28(23(19)31)27(22(30)16-5-9-18(26)10-6-16)13-21(29)15-3-7-17(25)8-4-15/h2-10,19-20H,11-13H2,1H3/t19-,20-/m0/s1. The molecule has 0 aromatic heterocycles. The minimum Gasteiger partial charge on any atom is -0.292 e. The van der Waals surface area contributed by atoms with Crippen molar-refractivity contribution >= 4 is 51.0 Å². The van der Waals surface area contributed by atoms with Gasteiger partial charge in [0.1, 0.15) is 6.54 Å². The minimum atomic E-state index is -0.614. The fourth-order valence-electron chi connectivity index (χ4n) is 4.10. The summed E-state index contributed by atoms with van der Waals surface area (Å²) >= 11 is 9.26. The summed E-state index contributed by atoms with van der Waals surface area (Å²) in [6, 6.07) is 12.8. The van der Waals surface area contributed by atoms with E-state index in [2.05, 4.69) is 15.9 Å². The van der Waals surface area contributed by atoms with Gasteiger partial charge in [-0.1, -0.05) is 51.3 Å². The number of imide groups is 1. The first-order valence-electron chi connectivity index (χ1n) is 10.2. The van der Waals surface area contributed by atoms with E-state index in [4.69, 9.17) is 11.6 Å². The summed E-state index contributed by atoms with van der Waals surface area (Å²) in [5, 5.41) is 2.31. The maximum atomic E-state index is 13.4. The second kappa shape index (κ2) is 9.00. The molecule has 0 radical (unpaired) electrons. The molecule has 1 saturated heterocycles. The van der Waals surface area contributed by atoms with Crippen LogP contribution < -0.4 is 0 Å². The van der Waals surface area contributed by atoms with Gasteiger partial charge >= 0.3 is 0 Å². The molecule has 0 spiro atoms. The van der Waals surface area contributed by atoms with E-state index in [0.717, 1.165) is 20.1 Å². The van der Waals surface area contributed by atoms with Crippen molar-refractivity contribution in [1.29, 1.82) is 0 Å². The fraction of sp³-hybridized carbons (Fsp3) is 0.250. The summed E-state index contributed by atoms with van der Waals surface area (Å²) in [6.07, 6.45) is 2.87. The minimum absolute atomic E-state index is 0.225. The first kappa shape index (κ1) is 22.4. The Morgan fingerprint density at radius 3 is 2.25 bits per heavy atom. The monoisotopic (exact) mass is 514 g/mol. The van der Waals surface area contributed by atoms with Crippen LogP contribution in [-0.2, 0) is 9.59 Å². The number of allylic oxidation sites excluding steroid dienone is 2. The van der Waals surface area contributed by atoms with Crippen molar-refractivity contribution in [3.63, 3.8) is 0 Å². The molecule has 0 N–H and O–H groups in total. The Labute approximate surface area is 198 Å². The molecule has 3 amide bonds. The topological polar surface area (TPSA) is 74.8 Å². The summed E-state index contributed by atoms with van der Waals surface area (Å²) < 4.78 is 0.806. The Kier molecular flexibility index (Phi) is 6.31. The smallest absolute Gasteiger partial charge is 0.273 e. The summed E-state index contributed by atoms with van der Waals surface area (Å²) in [4.78, 5) is 52.8. The van der Waals surface area contributed by atoms with Crippen LogP contribution in [0.5, 0.6) is 0 Å². The van der Waals surface area contributed by atoms with Crippen LogP contribution in [0.15, 0.2) is 64.7 Å². The van der Waals surface area contributed by atoms with Gasteiger partial charge < -0.3 is 0 Å². The zero-order valence-corrected chi connectivity index (χ0v) is 19.6. The molecule has 0 saturated carbocycles. The molecule has 32 heavy (non-hydrogen) atoms. The highest BCUT2D eigenvalue weighted by Gasteiger charge is 2.51. The van der Waals surface area contributed by atoms with Gasteiger partial charge in [-0.15, -0.1) is 0 Å². The van der Waals surface area contributed by atoms with Crippen molar-refractivity contribution < 1.29 is 19.2 Å². The van der Waals surface area contributed by atoms with Crippen molar-refractivity contribution in [3.05, 3.63) is 80.8 Å². The molecular weight excluding hydrogens is 496 g/mol. The Morgan fingerprint density at radius 1 is 1.00 bits per heavy atom. The SMILES string of the molecule is CC1=CC[C@@H]2C(=O)N(N(CC(=O)c3ccc(Br)cc3)C(=O)c3ccc(Cl)cc3)C(=O)[C@H]2C1. The Balaban J connectivity index is 1.68. The summed E-state index contributed by atoms with van der Waals surface area (Å²) in [7, 11) is 0. The van der Waals surface area contributed by atoms with Crippen molar-refractivity contribution in [1.82, 2.24) is 10.0 Å². The first-order chi connectivity index (χ1) is 15.3. The van der Waals surface area contributed by atoms with Crippen LogP contribution in [0.1, 0.15) is 40.5 Å². The molecule has 1 aliphatic heterocycles. The summed E-state index contributed by atoms with van der Waals surface area (Å²) in [6.45, 7) is 1.48. The van der Waals surface area contributed by atoms with Crippen LogP contribution in [0, 0.1) is 11.8 Å². The summed E-state index contributed by atoms with van der Waals surface area (Å²) in [5.74, 6) is -2.93. The molecule has 2 aromatic carbocycles. The zero-order chi connectivity index (χ0) is 23.0. The lowest BCUT2D eigenvalue weighted by molar-refractivity contribution is -0.154. The van der Waals surface area contributed by atoms with Gasteiger partial charge in [0.2, 0.25) is 0 Å². The molecule has 2 aromatic rings. The molecule has 8 heteroatoms. The first-order valence-corrected chi connectivity index (χ1v) is 11.3. The van der Waals surface area contributed by atoms with E-state index in [0.29, 0.717) is 23.4 Å². The number of amides is 3. The average Bonchev–Trinajstić information content (AvgIpc) is 3.02. The Morgan fingerprint density at radius 2 is 1.59 bits per heavy atom. The lowest BCUT2D eigenvalue weighted by atomic mass is 9.82. The third-order valence-corrected chi connectivity index (χ3v) is 6.61. The van der Waals surface area contributed by atoms with Crippen LogP contribution in [0.25, 0.3) is 0 Å². The molecule has 1 heterocycles. The van der Waals surface area contributed by atoms with Gasteiger partial charge in [-0.3, -0.25) is 19.2 Å². The quantitative estimate of drug-likeness (QED) is 0.329. The third kappa shape index (κ3) is 4.27. The number of hydrogen-bond acceptors (Lipinski definition) is 4. The molecule has 1 aliphatic carbocycles. The van der Waals surface area contributed by atoms with Crippen LogP contribution in [0.2, 0.25) is 5.02 Å². The molecule has 6 nitrogen and oxygen atoms in total. The van der Waals surface area contributed by atoms with E-state index >= 15 is 0 Å². The van der Waals surface area contributed by atoms with Crippen LogP contribution in [0.4, 0.5) is 0 Å². The fourth-order valence-corrected chi connectivity index (χ4v) is 4.49. The van der Waals surface area contributed by atoms with E-state index < -0.39 is 36.1 Å². The van der Waals surface area contributed by atoms with E-state index in [1.807, 2.05) is 13.0 Å². The number of hydrogen-bond donors (Lipinski definition) is 0. The second-order valence-electron chi connectivity index (χ2n) is 7.99. The summed E-state index contributed by atoms with van der Waals surface area (Å²) in [5.41, 5.74) is 1.63. The van der Waals surface area contributed by atoms with E-state index in [-0.39, 0.29) is 11.3 Å². The van der Waals surface area contributed by atoms with Crippen LogP contribution in [-0.4, -0.2) is 40.1 Å². The van der Waals surface area contributed by atoms with Gasteiger partial charge in [-0.2, -0.15) is 5.01 Å². The highest BCUT2D eigenvalue weighted by molar-refractivity contribution is 9.10. The number of nitrogens with zero attached hydrogens (tertiary/aromatic N) is 2. The number of halogens is 2. The van der Waals surface area contributed by atoms with E-state index in [9.17, 15) is 19.2 Å². The van der Waals surface area contributed by atoms with Crippen molar-refractivity contribution in [2.24, 2.45) is 11.8 Å². The number of carbonyl (C=O) groups excluding carboxylic acids is 4. The lowest BCUT2D eigenvalue weighted by Crippen LogP contribution is -2.52. The number of Topliss-reactive ketones (excluding diaryl/α,β-unsaturated/α-hetero) is 1. The van der Waals surface area contributed by atoms with Crippen molar-refractivity contribution in [2.45, 2.75) is 19.8 Å². The number of benzene rings is 2. The van der Waals surface area contributed by atoms with E-state index in [1.54, 1.807) is 36.4 Å². The number of carbonyl (C=O) groups is 4. The molecule has 1 fully saturated rings. The van der Waals surface area contributed by atoms with Crippen molar-refractivity contribution in [2.75, 3.05) is 6.54 Å². The van der Waals surface area contributed by atoms with Crippen LogP contribution in [0.3, 0.4) is 0 Å². The average molecular weight is 516 g/mol. The molecule has 2 atom stereocenters.